The molecule has 0 spiro atoms. The minimum atomic E-state index is -0.254. The summed E-state index contributed by atoms with van der Waals surface area (Å²) in [7, 11) is 1.45. The Morgan fingerprint density at radius 1 is 1.29 bits per heavy atom. The Bertz CT molecular complexity index is 441. The van der Waals surface area contributed by atoms with Crippen LogP contribution in [0, 0.1) is 11.7 Å². The Labute approximate surface area is 124 Å². The normalized spacial score (nSPS) is 16.7. The van der Waals surface area contributed by atoms with Crippen LogP contribution in [0.15, 0.2) is 24.3 Å². The molecule has 1 aromatic carbocycles. The number of likely N-dealkylation sites (tertiary alicyclic amines) is 1. The Balaban J connectivity index is 1.60. The largest absolute Gasteiger partial charge is 0.494 e. The van der Waals surface area contributed by atoms with Crippen LogP contribution in [-0.2, 0) is 9.53 Å². The summed E-state index contributed by atoms with van der Waals surface area (Å²) in [6.07, 6.45) is 2.65. The molecule has 0 aromatic heterocycles. The summed E-state index contributed by atoms with van der Waals surface area (Å²) in [4.78, 5) is 13.8. The Morgan fingerprint density at radius 3 is 2.57 bits per heavy atom. The first-order valence-corrected chi connectivity index (χ1v) is 7.37. The maximum Gasteiger partial charge on any atom is 0.308 e. The number of esters is 1. The third-order valence-electron chi connectivity index (χ3n) is 3.82. The molecule has 1 aliphatic rings. The smallest absolute Gasteiger partial charge is 0.308 e. The number of ether oxygens (including phenoxy) is 2. The average Bonchev–Trinajstić information content (AvgIpc) is 2.53. The molecule has 1 aliphatic heterocycles. The summed E-state index contributed by atoms with van der Waals surface area (Å²) in [5, 5.41) is 0. The molecular weight excluding hydrogens is 273 g/mol. The van der Waals surface area contributed by atoms with E-state index in [1.54, 1.807) is 12.1 Å². The van der Waals surface area contributed by atoms with Crippen LogP contribution in [0.1, 0.15) is 19.3 Å². The quantitative estimate of drug-likeness (QED) is 0.597. The Kier molecular flexibility index (Phi) is 5.99. The van der Waals surface area contributed by atoms with E-state index in [1.165, 1.54) is 19.2 Å². The fraction of sp³-hybridized carbons (Fsp3) is 0.562. The van der Waals surface area contributed by atoms with Gasteiger partial charge in [0.1, 0.15) is 11.6 Å². The van der Waals surface area contributed by atoms with Gasteiger partial charge in [-0.1, -0.05) is 0 Å². The second kappa shape index (κ2) is 7.98. The third kappa shape index (κ3) is 5.01. The highest BCUT2D eigenvalue weighted by molar-refractivity contribution is 5.72. The van der Waals surface area contributed by atoms with E-state index in [0.717, 1.165) is 38.9 Å². The molecule has 4 nitrogen and oxygen atoms in total. The molecular formula is C16H22FNO3. The predicted molar refractivity (Wildman–Crippen MR) is 77.7 cm³/mol. The van der Waals surface area contributed by atoms with Gasteiger partial charge in [0.25, 0.3) is 0 Å². The summed E-state index contributed by atoms with van der Waals surface area (Å²) >= 11 is 0. The SMILES string of the molecule is COC(=O)C1CCN(CCCOc2ccc(F)cc2)CC1. The van der Waals surface area contributed by atoms with Crippen LogP contribution in [0.2, 0.25) is 0 Å². The molecule has 1 fully saturated rings. The van der Waals surface area contributed by atoms with Gasteiger partial charge in [0.15, 0.2) is 0 Å². The summed E-state index contributed by atoms with van der Waals surface area (Å²) in [5.74, 6) is 0.410. The highest BCUT2D eigenvalue weighted by Gasteiger charge is 2.25. The molecule has 0 N–H and O–H groups in total. The minimum Gasteiger partial charge on any atom is -0.494 e. The number of carbonyl (C=O) groups is 1. The third-order valence-corrected chi connectivity index (χ3v) is 3.82. The number of rotatable bonds is 6. The Morgan fingerprint density at radius 2 is 1.95 bits per heavy atom. The molecule has 1 aromatic rings. The number of benzene rings is 1. The van der Waals surface area contributed by atoms with Crippen molar-refractivity contribution in [2.75, 3.05) is 33.4 Å². The molecule has 0 radical (unpaired) electrons. The average molecular weight is 295 g/mol. The van der Waals surface area contributed by atoms with E-state index in [4.69, 9.17) is 9.47 Å². The van der Waals surface area contributed by atoms with Gasteiger partial charge in [-0.15, -0.1) is 0 Å². The number of hydrogen-bond donors (Lipinski definition) is 0. The highest BCUT2D eigenvalue weighted by atomic mass is 19.1. The number of methoxy groups -OCH3 is 1. The van der Waals surface area contributed by atoms with Gasteiger partial charge in [-0.3, -0.25) is 4.79 Å². The van der Waals surface area contributed by atoms with Crippen LogP contribution in [-0.4, -0.2) is 44.2 Å². The van der Waals surface area contributed by atoms with Crippen LogP contribution in [0.4, 0.5) is 4.39 Å². The van der Waals surface area contributed by atoms with Gasteiger partial charge in [-0.05, 0) is 56.6 Å². The van der Waals surface area contributed by atoms with Gasteiger partial charge in [-0.25, -0.2) is 4.39 Å². The van der Waals surface area contributed by atoms with Crippen LogP contribution < -0.4 is 4.74 Å². The first kappa shape index (κ1) is 15.8. The zero-order valence-electron chi connectivity index (χ0n) is 12.4. The van der Waals surface area contributed by atoms with E-state index >= 15 is 0 Å². The van der Waals surface area contributed by atoms with Gasteiger partial charge in [-0.2, -0.15) is 0 Å². The van der Waals surface area contributed by atoms with Crippen molar-refractivity contribution < 1.29 is 18.7 Å². The predicted octanol–water partition coefficient (Wildman–Crippen LogP) is 2.48. The lowest BCUT2D eigenvalue weighted by molar-refractivity contribution is -0.147. The molecule has 1 heterocycles. The lowest BCUT2D eigenvalue weighted by Crippen LogP contribution is -2.37. The first-order chi connectivity index (χ1) is 10.2. The molecule has 0 atom stereocenters. The molecule has 21 heavy (non-hydrogen) atoms. The van der Waals surface area contributed by atoms with Crippen LogP contribution in [0.25, 0.3) is 0 Å². The molecule has 0 unspecified atom stereocenters. The van der Waals surface area contributed by atoms with E-state index in [0.29, 0.717) is 12.4 Å². The van der Waals surface area contributed by atoms with Crippen LogP contribution in [0.5, 0.6) is 5.75 Å². The summed E-state index contributed by atoms with van der Waals surface area (Å²) < 4.78 is 23.1. The minimum absolute atomic E-state index is 0.0571. The molecule has 5 heteroatoms. The summed E-state index contributed by atoms with van der Waals surface area (Å²) in [6.45, 7) is 3.42. The second-order valence-electron chi connectivity index (χ2n) is 5.30. The van der Waals surface area contributed by atoms with Gasteiger partial charge >= 0.3 is 5.97 Å². The molecule has 0 aliphatic carbocycles. The number of piperidine rings is 1. The molecule has 1 saturated heterocycles. The van der Waals surface area contributed by atoms with Crippen molar-refractivity contribution >= 4 is 5.97 Å². The van der Waals surface area contributed by atoms with Crippen LogP contribution >= 0.6 is 0 Å². The van der Waals surface area contributed by atoms with Crippen LogP contribution in [0.3, 0.4) is 0 Å². The van der Waals surface area contributed by atoms with E-state index in [9.17, 15) is 9.18 Å². The molecule has 116 valence electrons. The topological polar surface area (TPSA) is 38.8 Å². The van der Waals surface area contributed by atoms with E-state index in [-0.39, 0.29) is 17.7 Å². The maximum absolute atomic E-state index is 12.7. The second-order valence-corrected chi connectivity index (χ2v) is 5.30. The van der Waals surface area contributed by atoms with Crippen molar-refractivity contribution in [1.82, 2.24) is 4.90 Å². The molecule has 0 saturated carbocycles. The number of halogens is 1. The summed E-state index contributed by atoms with van der Waals surface area (Å²) in [5.41, 5.74) is 0. The van der Waals surface area contributed by atoms with E-state index in [2.05, 4.69) is 4.90 Å². The zero-order chi connectivity index (χ0) is 15.1. The number of nitrogens with zero attached hydrogens (tertiary/aromatic N) is 1. The van der Waals surface area contributed by atoms with Crippen molar-refractivity contribution in [2.24, 2.45) is 5.92 Å². The standard InChI is InChI=1S/C16H22FNO3/c1-20-16(19)13-7-10-18(11-8-13)9-2-12-21-15-5-3-14(17)4-6-15/h3-6,13H,2,7-12H2,1H3. The van der Waals surface area contributed by atoms with E-state index < -0.39 is 0 Å². The zero-order valence-corrected chi connectivity index (χ0v) is 12.4. The van der Waals surface area contributed by atoms with Crippen molar-refractivity contribution in [3.8, 4) is 5.75 Å². The molecule has 0 amide bonds. The van der Waals surface area contributed by atoms with Gasteiger partial charge < -0.3 is 14.4 Å². The lowest BCUT2D eigenvalue weighted by atomic mass is 9.97. The highest BCUT2D eigenvalue weighted by Crippen LogP contribution is 2.18. The fourth-order valence-corrected chi connectivity index (χ4v) is 2.57. The molecule has 2 rings (SSSR count). The summed E-state index contributed by atoms with van der Waals surface area (Å²) in [6, 6.07) is 6.06. The van der Waals surface area contributed by atoms with Crippen molar-refractivity contribution in [2.45, 2.75) is 19.3 Å². The van der Waals surface area contributed by atoms with Gasteiger partial charge in [0.2, 0.25) is 0 Å². The number of carbonyl (C=O) groups excluding carboxylic acids is 1. The maximum atomic E-state index is 12.7. The van der Waals surface area contributed by atoms with Crippen molar-refractivity contribution in [3.63, 3.8) is 0 Å². The monoisotopic (exact) mass is 295 g/mol. The number of hydrogen-bond acceptors (Lipinski definition) is 4. The Hall–Kier alpha value is -1.62. The fourth-order valence-electron chi connectivity index (χ4n) is 2.57. The first-order valence-electron chi connectivity index (χ1n) is 7.37. The van der Waals surface area contributed by atoms with Gasteiger partial charge in [0, 0.05) is 6.54 Å². The van der Waals surface area contributed by atoms with E-state index in [1.807, 2.05) is 0 Å². The lowest BCUT2D eigenvalue weighted by Gasteiger charge is -2.30. The molecule has 0 bridgehead atoms. The van der Waals surface area contributed by atoms with Gasteiger partial charge in [0.05, 0.1) is 19.6 Å². The van der Waals surface area contributed by atoms with Crippen molar-refractivity contribution in [1.29, 1.82) is 0 Å². The van der Waals surface area contributed by atoms with Crippen molar-refractivity contribution in [3.05, 3.63) is 30.1 Å².